The molecule has 16 heavy (non-hydrogen) atoms. The standard InChI is InChI=1S/C8H15N3O2S3/c1-11(4-5-16(3,12)13)8-6(14-2)7(9)10-15-8/h4-5H2,1-3H3,(H2,9,10). The van der Waals surface area contributed by atoms with Gasteiger partial charge in [-0.2, -0.15) is 4.37 Å². The Bertz CT molecular complexity index is 455. The second kappa shape index (κ2) is 5.24. The number of aromatic nitrogens is 1. The van der Waals surface area contributed by atoms with Gasteiger partial charge in [-0.15, -0.1) is 11.8 Å². The number of nitrogens with zero attached hydrogens (tertiary/aromatic N) is 2. The van der Waals surface area contributed by atoms with E-state index in [9.17, 15) is 8.42 Å². The van der Waals surface area contributed by atoms with Gasteiger partial charge in [-0.1, -0.05) is 0 Å². The van der Waals surface area contributed by atoms with Crippen LogP contribution in [0, 0.1) is 0 Å². The Labute approximate surface area is 104 Å². The Kier molecular flexibility index (Phi) is 4.45. The average molecular weight is 281 g/mol. The van der Waals surface area contributed by atoms with Crippen LogP contribution in [0.3, 0.4) is 0 Å². The molecule has 8 heteroatoms. The summed E-state index contributed by atoms with van der Waals surface area (Å²) >= 11 is 2.82. The van der Waals surface area contributed by atoms with Gasteiger partial charge >= 0.3 is 0 Å². The summed E-state index contributed by atoms with van der Waals surface area (Å²) in [6, 6.07) is 0. The highest BCUT2D eigenvalue weighted by molar-refractivity contribution is 7.99. The molecular weight excluding hydrogens is 266 g/mol. The van der Waals surface area contributed by atoms with Gasteiger partial charge in [-0.05, 0) is 17.8 Å². The van der Waals surface area contributed by atoms with Crippen molar-refractivity contribution in [3.8, 4) is 0 Å². The summed E-state index contributed by atoms with van der Waals surface area (Å²) in [7, 11) is -1.09. The minimum atomic E-state index is -2.94. The van der Waals surface area contributed by atoms with Crippen molar-refractivity contribution in [1.82, 2.24) is 4.37 Å². The number of rotatable bonds is 5. The van der Waals surface area contributed by atoms with Crippen LogP contribution in [-0.2, 0) is 9.84 Å². The molecule has 0 atom stereocenters. The minimum Gasteiger partial charge on any atom is -0.382 e. The zero-order chi connectivity index (χ0) is 12.3. The monoisotopic (exact) mass is 281 g/mol. The fraction of sp³-hybridized carbons (Fsp3) is 0.625. The van der Waals surface area contributed by atoms with Crippen LogP contribution in [0.2, 0.25) is 0 Å². The summed E-state index contributed by atoms with van der Waals surface area (Å²) in [5.41, 5.74) is 5.71. The molecule has 0 aliphatic rings. The van der Waals surface area contributed by atoms with Gasteiger partial charge in [0.15, 0.2) is 5.82 Å². The summed E-state index contributed by atoms with van der Waals surface area (Å²) in [4.78, 5) is 2.79. The second-order valence-electron chi connectivity index (χ2n) is 3.46. The van der Waals surface area contributed by atoms with Crippen LogP contribution in [0.5, 0.6) is 0 Å². The number of nitrogen functional groups attached to an aromatic ring is 1. The van der Waals surface area contributed by atoms with Gasteiger partial charge in [-0.3, -0.25) is 0 Å². The van der Waals surface area contributed by atoms with Gasteiger partial charge in [0.1, 0.15) is 14.8 Å². The van der Waals surface area contributed by atoms with Gasteiger partial charge < -0.3 is 10.6 Å². The average Bonchev–Trinajstić information content (AvgIpc) is 2.54. The first kappa shape index (κ1) is 13.6. The van der Waals surface area contributed by atoms with Crippen molar-refractivity contribution in [3.63, 3.8) is 0 Å². The van der Waals surface area contributed by atoms with Crippen LogP contribution in [0.4, 0.5) is 10.8 Å². The highest BCUT2D eigenvalue weighted by atomic mass is 32.2. The van der Waals surface area contributed by atoms with Crippen molar-refractivity contribution in [2.45, 2.75) is 4.90 Å². The third-order valence-electron chi connectivity index (χ3n) is 2.01. The number of thioether (sulfide) groups is 1. The zero-order valence-electron chi connectivity index (χ0n) is 9.43. The van der Waals surface area contributed by atoms with Crippen molar-refractivity contribution in [3.05, 3.63) is 0 Å². The molecule has 0 fully saturated rings. The quantitative estimate of drug-likeness (QED) is 0.809. The van der Waals surface area contributed by atoms with Crippen molar-refractivity contribution in [2.75, 3.05) is 42.5 Å². The molecule has 0 amide bonds. The SMILES string of the molecule is CSc1c(N)nsc1N(C)CCS(C)(=O)=O. The topological polar surface area (TPSA) is 76.3 Å². The van der Waals surface area contributed by atoms with E-state index in [4.69, 9.17) is 5.73 Å². The fourth-order valence-corrected chi connectivity index (χ4v) is 3.43. The molecule has 0 unspecified atom stereocenters. The van der Waals surface area contributed by atoms with E-state index in [-0.39, 0.29) is 5.75 Å². The summed E-state index contributed by atoms with van der Waals surface area (Å²) in [6.45, 7) is 0.452. The first-order valence-electron chi connectivity index (χ1n) is 4.53. The highest BCUT2D eigenvalue weighted by Gasteiger charge is 2.15. The number of sulfone groups is 1. The lowest BCUT2D eigenvalue weighted by Gasteiger charge is -2.17. The van der Waals surface area contributed by atoms with Crippen molar-refractivity contribution >= 4 is 44.0 Å². The van der Waals surface area contributed by atoms with E-state index >= 15 is 0 Å². The lowest BCUT2D eigenvalue weighted by molar-refractivity contribution is 0.601. The molecule has 0 radical (unpaired) electrons. The molecule has 1 rings (SSSR count). The molecular formula is C8H15N3O2S3. The van der Waals surface area contributed by atoms with Crippen LogP contribution < -0.4 is 10.6 Å². The Morgan fingerprint density at radius 1 is 1.56 bits per heavy atom. The maximum Gasteiger partial charge on any atom is 0.153 e. The van der Waals surface area contributed by atoms with Crippen LogP contribution in [0.25, 0.3) is 0 Å². The third kappa shape index (κ3) is 3.53. The predicted octanol–water partition coefficient (Wildman–Crippen LogP) is 0.928. The van der Waals surface area contributed by atoms with Crippen LogP contribution in [0.1, 0.15) is 0 Å². The molecule has 0 aliphatic heterocycles. The molecule has 5 nitrogen and oxygen atoms in total. The highest BCUT2D eigenvalue weighted by Crippen LogP contribution is 2.36. The van der Waals surface area contributed by atoms with Gasteiger partial charge in [0, 0.05) is 19.8 Å². The Balaban J connectivity index is 2.77. The molecule has 92 valence electrons. The Morgan fingerprint density at radius 2 is 2.19 bits per heavy atom. The number of hydrogen-bond acceptors (Lipinski definition) is 7. The maximum absolute atomic E-state index is 11.1. The minimum absolute atomic E-state index is 0.134. The molecule has 0 saturated carbocycles. The number of anilines is 2. The third-order valence-corrected chi connectivity index (χ3v) is 4.85. The van der Waals surface area contributed by atoms with Crippen LogP contribution in [0.15, 0.2) is 4.90 Å². The van der Waals surface area contributed by atoms with Crippen molar-refractivity contribution < 1.29 is 8.42 Å². The first-order chi connectivity index (χ1) is 7.35. The molecule has 1 aromatic heterocycles. The van der Waals surface area contributed by atoms with Crippen LogP contribution >= 0.6 is 23.3 Å². The smallest absolute Gasteiger partial charge is 0.153 e. The van der Waals surface area contributed by atoms with Crippen LogP contribution in [-0.4, -0.2) is 44.6 Å². The summed E-state index contributed by atoms with van der Waals surface area (Å²) in [6.07, 6.45) is 3.16. The van der Waals surface area contributed by atoms with Crippen molar-refractivity contribution in [1.29, 1.82) is 0 Å². The van der Waals surface area contributed by atoms with E-state index in [2.05, 4.69) is 4.37 Å². The first-order valence-corrected chi connectivity index (χ1v) is 8.59. The van der Waals surface area contributed by atoms with Crippen molar-refractivity contribution in [2.24, 2.45) is 0 Å². The summed E-state index contributed by atoms with van der Waals surface area (Å²) in [5, 5.41) is 0.925. The van der Waals surface area contributed by atoms with E-state index < -0.39 is 9.84 Å². The number of hydrogen-bond donors (Lipinski definition) is 1. The molecule has 2 N–H and O–H groups in total. The van der Waals surface area contributed by atoms with E-state index in [1.165, 1.54) is 29.6 Å². The summed E-state index contributed by atoms with van der Waals surface area (Å²) in [5.74, 6) is 0.647. The van der Waals surface area contributed by atoms with Gasteiger partial charge in [0.05, 0.1) is 10.6 Å². The fourth-order valence-electron chi connectivity index (χ4n) is 1.12. The maximum atomic E-state index is 11.1. The van der Waals surface area contributed by atoms with Gasteiger partial charge in [0.25, 0.3) is 0 Å². The Morgan fingerprint density at radius 3 is 2.69 bits per heavy atom. The molecule has 0 saturated heterocycles. The second-order valence-corrected chi connectivity index (χ2v) is 7.29. The predicted molar refractivity (Wildman–Crippen MR) is 71.3 cm³/mol. The van der Waals surface area contributed by atoms with E-state index in [1.54, 1.807) is 0 Å². The zero-order valence-corrected chi connectivity index (χ0v) is 11.9. The number of nitrogens with two attached hydrogens (primary N) is 1. The lowest BCUT2D eigenvalue weighted by atomic mass is 10.5. The molecule has 0 aromatic carbocycles. The summed E-state index contributed by atoms with van der Waals surface area (Å²) < 4.78 is 26.2. The van der Waals surface area contributed by atoms with E-state index in [0.29, 0.717) is 12.4 Å². The van der Waals surface area contributed by atoms with E-state index in [1.807, 2.05) is 18.2 Å². The normalized spacial score (nSPS) is 11.7. The molecule has 1 aromatic rings. The Hall–Kier alpha value is -0.470. The molecule has 0 aliphatic carbocycles. The van der Waals surface area contributed by atoms with E-state index in [0.717, 1.165) is 9.90 Å². The molecule has 0 spiro atoms. The molecule has 0 bridgehead atoms. The van der Waals surface area contributed by atoms with Gasteiger partial charge in [-0.25, -0.2) is 8.42 Å². The lowest BCUT2D eigenvalue weighted by Crippen LogP contribution is -2.24. The van der Waals surface area contributed by atoms with Gasteiger partial charge in [0.2, 0.25) is 0 Å². The largest absolute Gasteiger partial charge is 0.382 e. The molecule has 1 heterocycles.